The lowest BCUT2D eigenvalue weighted by atomic mass is 10.1. The Balaban J connectivity index is 2.21. The van der Waals surface area contributed by atoms with Crippen LogP contribution in [0.5, 0.6) is 0 Å². The van der Waals surface area contributed by atoms with Crippen molar-refractivity contribution in [2.75, 3.05) is 19.6 Å². The van der Waals surface area contributed by atoms with Crippen molar-refractivity contribution in [1.82, 2.24) is 15.2 Å². The quantitative estimate of drug-likeness (QED) is 0.783. The van der Waals surface area contributed by atoms with Crippen LogP contribution in [0.3, 0.4) is 0 Å². The van der Waals surface area contributed by atoms with Gasteiger partial charge in [-0.3, -0.25) is 9.59 Å². The van der Waals surface area contributed by atoms with Gasteiger partial charge in [-0.2, -0.15) is 0 Å². The Morgan fingerprint density at radius 1 is 1.53 bits per heavy atom. The fourth-order valence-electron chi connectivity index (χ4n) is 1.92. The molecule has 1 saturated heterocycles. The molecule has 2 rings (SSSR count). The molecule has 5 nitrogen and oxygen atoms in total. The molecule has 1 aromatic rings. The van der Waals surface area contributed by atoms with Gasteiger partial charge in [0, 0.05) is 38.1 Å². The van der Waals surface area contributed by atoms with Crippen LogP contribution in [-0.2, 0) is 0 Å². The topological polar surface area (TPSA) is 65.2 Å². The van der Waals surface area contributed by atoms with E-state index >= 15 is 0 Å². The average molecular weight is 235 g/mol. The first kappa shape index (κ1) is 11.9. The van der Waals surface area contributed by atoms with Gasteiger partial charge < -0.3 is 15.2 Å². The molecule has 0 spiro atoms. The summed E-state index contributed by atoms with van der Waals surface area (Å²) in [6.45, 7) is 4.36. The summed E-state index contributed by atoms with van der Waals surface area (Å²) >= 11 is 0. The van der Waals surface area contributed by atoms with E-state index in [0.29, 0.717) is 6.54 Å². The number of hydrogen-bond donors (Lipinski definition) is 2. The van der Waals surface area contributed by atoms with Gasteiger partial charge in [0.25, 0.3) is 5.91 Å². The molecule has 0 aromatic carbocycles. The highest BCUT2D eigenvalue weighted by Crippen LogP contribution is 2.09. The van der Waals surface area contributed by atoms with E-state index in [-0.39, 0.29) is 22.9 Å². The standard InChI is InChI=1S/C12H17N3O2/c1-2-5-15(9-6-14-7-9)12(17)10-8-13-4-3-11(10)16/h3-4,8-9,14H,2,5-7H2,1H3,(H,13,16). The number of carbonyl (C=O) groups excluding carboxylic acids is 1. The lowest BCUT2D eigenvalue weighted by Gasteiger charge is -2.38. The molecule has 1 fully saturated rings. The normalized spacial score (nSPS) is 15.4. The SMILES string of the molecule is CCCN(C(=O)c1c[nH]ccc1=O)C1CNC1. The summed E-state index contributed by atoms with van der Waals surface area (Å²) in [5, 5.41) is 3.14. The van der Waals surface area contributed by atoms with Gasteiger partial charge in [0.15, 0.2) is 5.43 Å². The Labute approximate surface area is 99.8 Å². The Bertz CT molecular complexity index is 451. The van der Waals surface area contributed by atoms with E-state index in [9.17, 15) is 9.59 Å². The van der Waals surface area contributed by atoms with E-state index in [1.165, 1.54) is 18.5 Å². The zero-order valence-corrected chi connectivity index (χ0v) is 9.90. The Kier molecular flexibility index (Phi) is 3.58. The van der Waals surface area contributed by atoms with Crippen LogP contribution in [0.15, 0.2) is 23.3 Å². The molecule has 1 aliphatic heterocycles. The number of hydrogen-bond acceptors (Lipinski definition) is 3. The van der Waals surface area contributed by atoms with Crippen molar-refractivity contribution in [3.8, 4) is 0 Å². The third kappa shape index (κ3) is 2.39. The molecule has 2 N–H and O–H groups in total. The second-order valence-corrected chi connectivity index (χ2v) is 4.23. The first-order valence-electron chi connectivity index (χ1n) is 5.93. The Hall–Kier alpha value is -1.62. The number of aromatic nitrogens is 1. The maximum absolute atomic E-state index is 12.3. The maximum Gasteiger partial charge on any atom is 0.259 e. The summed E-state index contributed by atoms with van der Waals surface area (Å²) in [5.74, 6) is -0.166. The summed E-state index contributed by atoms with van der Waals surface area (Å²) < 4.78 is 0. The molecule has 0 aliphatic carbocycles. The molecule has 5 heteroatoms. The van der Waals surface area contributed by atoms with Gasteiger partial charge in [-0.1, -0.05) is 6.92 Å². The van der Waals surface area contributed by atoms with E-state index in [2.05, 4.69) is 10.3 Å². The zero-order valence-electron chi connectivity index (χ0n) is 9.90. The van der Waals surface area contributed by atoms with Crippen LogP contribution in [0.1, 0.15) is 23.7 Å². The first-order valence-corrected chi connectivity index (χ1v) is 5.93. The zero-order chi connectivity index (χ0) is 12.3. The lowest BCUT2D eigenvalue weighted by molar-refractivity contribution is 0.0614. The van der Waals surface area contributed by atoms with Crippen LogP contribution in [0, 0.1) is 0 Å². The molecule has 0 saturated carbocycles. The minimum Gasteiger partial charge on any atom is -0.367 e. The van der Waals surface area contributed by atoms with Gasteiger partial charge in [0.05, 0.1) is 6.04 Å². The minimum atomic E-state index is -0.220. The summed E-state index contributed by atoms with van der Waals surface area (Å²) in [6.07, 6.45) is 3.92. The molecule has 0 atom stereocenters. The highest BCUT2D eigenvalue weighted by molar-refractivity contribution is 5.94. The van der Waals surface area contributed by atoms with Gasteiger partial charge >= 0.3 is 0 Å². The highest BCUT2D eigenvalue weighted by Gasteiger charge is 2.29. The minimum absolute atomic E-state index is 0.166. The summed E-state index contributed by atoms with van der Waals surface area (Å²) in [6, 6.07) is 1.61. The van der Waals surface area contributed by atoms with E-state index < -0.39 is 0 Å². The second-order valence-electron chi connectivity index (χ2n) is 4.23. The molecule has 92 valence electrons. The predicted molar refractivity (Wildman–Crippen MR) is 65.0 cm³/mol. The van der Waals surface area contributed by atoms with E-state index in [1.54, 1.807) is 4.90 Å². The number of amides is 1. The molecule has 1 amide bonds. The van der Waals surface area contributed by atoms with Gasteiger partial charge in [-0.25, -0.2) is 0 Å². The van der Waals surface area contributed by atoms with Crippen molar-refractivity contribution in [1.29, 1.82) is 0 Å². The number of rotatable bonds is 4. The number of nitrogens with zero attached hydrogens (tertiary/aromatic N) is 1. The summed E-state index contributed by atoms with van der Waals surface area (Å²) in [7, 11) is 0. The van der Waals surface area contributed by atoms with Crippen molar-refractivity contribution in [3.05, 3.63) is 34.2 Å². The highest BCUT2D eigenvalue weighted by atomic mass is 16.2. The third-order valence-electron chi connectivity index (χ3n) is 2.98. The molecule has 0 bridgehead atoms. The first-order chi connectivity index (χ1) is 8.24. The van der Waals surface area contributed by atoms with Crippen LogP contribution in [0.25, 0.3) is 0 Å². The third-order valence-corrected chi connectivity index (χ3v) is 2.98. The van der Waals surface area contributed by atoms with Gasteiger partial charge in [0.2, 0.25) is 0 Å². The monoisotopic (exact) mass is 235 g/mol. The average Bonchev–Trinajstić information content (AvgIpc) is 2.26. The van der Waals surface area contributed by atoms with Gasteiger partial charge in [0.1, 0.15) is 5.56 Å². The van der Waals surface area contributed by atoms with Crippen LogP contribution >= 0.6 is 0 Å². The van der Waals surface area contributed by atoms with Crippen LogP contribution in [0.2, 0.25) is 0 Å². The molecule has 1 aliphatic rings. The molecule has 2 heterocycles. The molecular formula is C12H17N3O2. The van der Waals surface area contributed by atoms with Crippen LogP contribution < -0.4 is 10.7 Å². The number of aromatic amines is 1. The lowest BCUT2D eigenvalue weighted by Crippen LogP contribution is -2.59. The Morgan fingerprint density at radius 2 is 2.29 bits per heavy atom. The van der Waals surface area contributed by atoms with Crippen molar-refractivity contribution in [2.45, 2.75) is 19.4 Å². The second kappa shape index (κ2) is 5.14. The maximum atomic E-state index is 12.3. The number of nitrogens with one attached hydrogen (secondary N) is 2. The molecule has 0 unspecified atom stereocenters. The van der Waals surface area contributed by atoms with E-state index in [0.717, 1.165) is 19.5 Å². The Morgan fingerprint density at radius 3 is 2.82 bits per heavy atom. The van der Waals surface area contributed by atoms with Crippen LogP contribution in [0.4, 0.5) is 0 Å². The number of H-pyrrole nitrogens is 1. The van der Waals surface area contributed by atoms with Crippen molar-refractivity contribution >= 4 is 5.91 Å². The fraction of sp³-hybridized carbons (Fsp3) is 0.500. The molecular weight excluding hydrogens is 218 g/mol. The van der Waals surface area contributed by atoms with Crippen molar-refractivity contribution in [3.63, 3.8) is 0 Å². The molecule has 0 radical (unpaired) electrons. The molecule has 17 heavy (non-hydrogen) atoms. The summed E-state index contributed by atoms with van der Waals surface area (Å²) in [4.78, 5) is 28.5. The fourth-order valence-corrected chi connectivity index (χ4v) is 1.92. The van der Waals surface area contributed by atoms with Crippen molar-refractivity contribution < 1.29 is 4.79 Å². The number of pyridine rings is 1. The van der Waals surface area contributed by atoms with Crippen molar-refractivity contribution in [2.24, 2.45) is 0 Å². The largest absolute Gasteiger partial charge is 0.367 e. The van der Waals surface area contributed by atoms with Crippen LogP contribution in [-0.4, -0.2) is 41.5 Å². The summed E-state index contributed by atoms with van der Waals surface area (Å²) in [5.41, 5.74) is 0.00925. The molecule has 1 aromatic heterocycles. The number of carbonyl (C=O) groups is 1. The van der Waals surface area contributed by atoms with E-state index in [1.807, 2.05) is 6.92 Å². The van der Waals surface area contributed by atoms with Gasteiger partial charge in [-0.05, 0) is 6.42 Å². The van der Waals surface area contributed by atoms with Gasteiger partial charge in [-0.15, -0.1) is 0 Å². The predicted octanol–water partition coefficient (Wildman–Crippen LogP) is 0.199. The smallest absolute Gasteiger partial charge is 0.259 e. The van der Waals surface area contributed by atoms with E-state index in [4.69, 9.17) is 0 Å².